The van der Waals surface area contributed by atoms with Crippen molar-refractivity contribution in [2.24, 2.45) is 5.10 Å². The zero-order valence-electron chi connectivity index (χ0n) is 12.5. The molecular formula is C16H16N4O3. The molecule has 7 heteroatoms. The smallest absolute Gasteiger partial charge is 0.278 e. The molecule has 2 aromatic rings. The number of carbonyl (C=O) groups excluding carboxylic acids is 1. The van der Waals surface area contributed by atoms with Gasteiger partial charge in [-0.15, -0.1) is 0 Å². The van der Waals surface area contributed by atoms with Crippen LogP contribution in [0, 0.1) is 17.0 Å². The van der Waals surface area contributed by atoms with Gasteiger partial charge < -0.3 is 5.32 Å². The molecule has 2 rings (SSSR count). The molecule has 0 aliphatic carbocycles. The van der Waals surface area contributed by atoms with Gasteiger partial charge >= 0.3 is 0 Å². The van der Waals surface area contributed by atoms with Crippen molar-refractivity contribution in [2.45, 2.75) is 6.92 Å². The Balaban J connectivity index is 1.90. The molecular weight excluding hydrogens is 296 g/mol. The number of aryl methyl sites for hydroxylation is 1. The summed E-state index contributed by atoms with van der Waals surface area (Å²) in [5.74, 6) is -0.344. The number of carbonyl (C=O) groups is 1. The normalized spacial score (nSPS) is 10.5. The average Bonchev–Trinajstić information content (AvgIpc) is 2.54. The molecule has 7 nitrogen and oxygen atoms in total. The fourth-order valence-electron chi connectivity index (χ4n) is 1.92. The molecule has 0 heterocycles. The molecule has 0 radical (unpaired) electrons. The number of nitrogens with zero attached hydrogens (tertiary/aromatic N) is 2. The van der Waals surface area contributed by atoms with E-state index in [4.69, 9.17) is 0 Å². The molecule has 0 atom stereocenters. The highest BCUT2D eigenvalue weighted by molar-refractivity contribution is 5.87. The van der Waals surface area contributed by atoms with Crippen LogP contribution in [0.1, 0.15) is 11.1 Å². The van der Waals surface area contributed by atoms with E-state index in [-0.39, 0.29) is 18.1 Å². The topological polar surface area (TPSA) is 96.6 Å². The van der Waals surface area contributed by atoms with E-state index in [0.29, 0.717) is 5.56 Å². The Labute approximate surface area is 133 Å². The Morgan fingerprint density at radius 2 is 1.91 bits per heavy atom. The van der Waals surface area contributed by atoms with Gasteiger partial charge in [0, 0.05) is 11.8 Å². The van der Waals surface area contributed by atoms with Crippen molar-refractivity contribution in [1.29, 1.82) is 0 Å². The van der Waals surface area contributed by atoms with Gasteiger partial charge in [-0.25, -0.2) is 5.43 Å². The molecule has 23 heavy (non-hydrogen) atoms. The fourth-order valence-corrected chi connectivity index (χ4v) is 1.92. The maximum absolute atomic E-state index is 11.7. The van der Waals surface area contributed by atoms with Crippen LogP contribution in [-0.4, -0.2) is 23.6 Å². The number of hydrazone groups is 1. The predicted molar refractivity (Wildman–Crippen MR) is 88.5 cm³/mol. The second-order valence-electron chi connectivity index (χ2n) is 4.78. The molecule has 0 aliphatic heterocycles. The van der Waals surface area contributed by atoms with E-state index in [2.05, 4.69) is 15.8 Å². The van der Waals surface area contributed by atoms with Gasteiger partial charge in [-0.1, -0.05) is 30.3 Å². The van der Waals surface area contributed by atoms with Crippen LogP contribution in [0.4, 0.5) is 11.4 Å². The largest absolute Gasteiger partial charge is 0.376 e. The van der Waals surface area contributed by atoms with E-state index >= 15 is 0 Å². The SMILES string of the molecule is Cc1ccccc1NCC(=O)N/N=C\c1ccccc1[N+](=O)[O-]. The zero-order valence-corrected chi connectivity index (χ0v) is 12.5. The Hall–Kier alpha value is -3.22. The van der Waals surface area contributed by atoms with Gasteiger partial charge in [-0.05, 0) is 24.6 Å². The Bertz CT molecular complexity index is 744. The maximum atomic E-state index is 11.7. The molecule has 0 spiro atoms. The van der Waals surface area contributed by atoms with Gasteiger partial charge in [0.25, 0.3) is 11.6 Å². The Morgan fingerprint density at radius 3 is 2.65 bits per heavy atom. The van der Waals surface area contributed by atoms with Crippen LogP contribution in [-0.2, 0) is 4.79 Å². The summed E-state index contributed by atoms with van der Waals surface area (Å²) in [5, 5.41) is 17.6. The van der Waals surface area contributed by atoms with Crippen LogP contribution in [0.3, 0.4) is 0 Å². The minimum Gasteiger partial charge on any atom is -0.376 e. The van der Waals surface area contributed by atoms with E-state index in [0.717, 1.165) is 11.3 Å². The summed E-state index contributed by atoms with van der Waals surface area (Å²) in [6.45, 7) is 1.99. The lowest BCUT2D eigenvalue weighted by Gasteiger charge is -2.07. The monoisotopic (exact) mass is 312 g/mol. The van der Waals surface area contributed by atoms with Gasteiger partial charge in [0.05, 0.1) is 23.2 Å². The molecule has 0 unspecified atom stereocenters. The number of anilines is 1. The molecule has 0 aromatic heterocycles. The molecule has 0 saturated carbocycles. The van der Waals surface area contributed by atoms with Crippen LogP contribution in [0.25, 0.3) is 0 Å². The lowest BCUT2D eigenvalue weighted by molar-refractivity contribution is -0.385. The first-order valence-corrected chi connectivity index (χ1v) is 6.93. The van der Waals surface area contributed by atoms with Gasteiger partial charge in [-0.2, -0.15) is 5.10 Å². The summed E-state index contributed by atoms with van der Waals surface area (Å²) >= 11 is 0. The number of hydrogen-bond acceptors (Lipinski definition) is 5. The molecule has 118 valence electrons. The first kappa shape index (κ1) is 16.2. The number of amides is 1. The first-order chi connectivity index (χ1) is 11.1. The minimum atomic E-state index is -0.497. The van der Waals surface area contributed by atoms with Crippen molar-refractivity contribution in [3.63, 3.8) is 0 Å². The third kappa shape index (κ3) is 4.63. The lowest BCUT2D eigenvalue weighted by atomic mass is 10.2. The second-order valence-corrected chi connectivity index (χ2v) is 4.78. The van der Waals surface area contributed by atoms with Crippen LogP contribution in [0.2, 0.25) is 0 Å². The molecule has 2 aromatic carbocycles. The third-order valence-electron chi connectivity index (χ3n) is 3.11. The highest BCUT2D eigenvalue weighted by atomic mass is 16.6. The second kappa shape index (κ2) is 7.69. The highest BCUT2D eigenvalue weighted by Crippen LogP contribution is 2.15. The number of rotatable bonds is 6. The van der Waals surface area contributed by atoms with Crippen molar-refractivity contribution < 1.29 is 9.72 Å². The molecule has 2 N–H and O–H groups in total. The third-order valence-corrected chi connectivity index (χ3v) is 3.11. The van der Waals surface area contributed by atoms with Gasteiger partial charge in [0.15, 0.2) is 0 Å². The summed E-state index contributed by atoms with van der Waals surface area (Å²) in [6, 6.07) is 13.8. The first-order valence-electron chi connectivity index (χ1n) is 6.93. The zero-order chi connectivity index (χ0) is 16.7. The number of benzene rings is 2. The average molecular weight is 312 g/mol. The number of hydrogen-bond donors (Lipinski definition) is 2. The fraction of sp³-hybridized carbons (Fsp3) is 0.125. The number of nitrogens with one attached hydrogen (secondary N) is 2. The molecule has 1 amide bonds. The summed E-state index contributed by atoms with van der Waals surface area (Å²) in [4.78, 5) is 22.1. The summed E-state index contributed by atoms with van der Waals surface area (Å²) in [5.41, 5.74) is 4.49. The quantitative estimate of drug-likeness (QED) is 0.486. The van der Waals surface area contributed by atoms with Gasteiger partial charge in [0.1, 0.15) is 0 Å². The Kier molecular flexibility index (Phi) is 5.40. The van der Waals surface area contributed by atoms with E-state index in [1.807, 2.05) is 31.2 Å². The van der Waals surface area contributed by atoms with Crippen molar-refractivity contribution in [3.8, 4) is 0 Å². The van der Waals surface area contributed by atoms with Crippen molar-refractivity contribution >= 4 is 23.5 Å². The summed E-state index contributed by atoms with van der Waals surface area (Å²) < 4.78 is 0. The lowest BCUT2D eigenvalue weighted by Crippen LogP contribution is -2.26. The van der Waals surface area contributed by atoms with Crippen LogP contribution < -0.4 is 10.7 Å². The van der Waals surface area contributed by atoms with Crippen LogP contribution in [0.15, 0.2) is 53.6 Å². The van der Waals surface area contributed by atoms with Crippen LogP contribution >= 0.6 is 0 Å². The minimum absolute atomic E-state index is 0.0546. The predicted octanol–water partition coefficient (Wildman–Crippen LogP) is 2.47. The summed E-state index contributed by atoms with van der Waals surface area (Å²) in [7, 11) is 0. The van der Waals surface area contributed by atoms with Crippen LogP contribution in [0.5, 0.6) is 0 Å². The van der Waals surface area contributed by atoms with Gasteiger partial charge in [-0.3, -0.25) is 14.9 Å². The number of para-hydroxylation sites is 2. The maximum Gasteiger partial charge on any atom is 0.278 e. The Morgan fingerprint density at radius 1 is 1.22 bits per heavy atom. The van der Waals surface area contributed by atoms with Crippen molar-refractivity contribution in [1.82, 2.24) is 5.43 Å². The summed E-state index contributed by atoms with van der Waals surface area (Å²) in [6.07, 6.45) is 1.25. The molecule has 0 fully saturated rings. The van der Waals surface area contributed by atoms with E-state index in [1.165, 1.54) is 12.3 Å². The standard InChI is InChI=1S/C16H16N4O3/c1-12-6-2-4-8-14(12)17-11-16(21)19-18-10-13-7-3-5-9-15(13)20(22)23/h2-10,17H,11H2,1H3,(H,19,21)/b18-10-. The number of nitro groups is 1. The van der Waals surface area contributed by atoms with E-state index in [1.54, 1.807) is 18.2 Å². The van der Waals surface area contributed by atoms with E-state index in [9.17, 15) is 14.9 Å². The van der Waals surface area contributed by atoms with Crippen molar-refractivity contribution in [2.75, 3.05) is 11.9 Å². The molecule has 0 bridgehead atoms. The van der Waals surface area contributed by atoms with E-state index < -0.39 is 4.92 Å². The van der Waals surface area contributed by atoms with Crippen molar-refractivity contribution in [3.05, 3.63) is 69.8 Å². The molecule has 0 aliphatic rings. The van der Waals surface area contributed by atoms with Gasteiger partial charge in [0.2, 0.25) is 0 Å². The molecule has 0 saturated heterocycles. The highest BCUT2D eigenvalue weighted by Gasteiger charge is 2.10. The number of nitro benzene ring substituents is 1.